The van der Waals surface area contributed by atoms with Crippen molar-refractivity contribution in [2.24, 2.45) is 9.98 Å². The molecule has 1 heterocycles. The number of benzene rings is 2. The van der Waals surface area contributed by atoms with E-state index in [4.69, 9.17) is 0 Å². The number of nitrogens with zero attached hydrogens (tertiary/aromatic N) is 3. The maximum atomic E-state index is 10.7. The lowest BCUT2D eigenvalue weighted by Crippen LogP contribution is -2.29. The molecule has 1 aliphatic rings. The fourth-order valence-corrected chi connectivity index (χ4v) is 4.37. The zero-order valence-corrected chi connectivity index (χ0v) is 20.1. The van der Waals surface area contributed by atoms with Crippen molar-refractivity contribution >= 4 is 44.3 Å². The molecule has 0 aromatic heterocycles. The third-order valence-corrected chi connectivity index (χ3v) is 6.00. The van der Waals surface area contributed by atoms with Crippen LogP contribution in [0.25, 0.3) is 0 Å². The number of piperidine rings is 1. The standard InChI is InChI=1S/C23H27Br2N3O2/c24-20-5-6-22(29)17(11-20)14-26-7-4-8-27-15-18-12-21(25)13-19(23(18)30)16-28-9-2-1-3-10-28/h5-6,11-15,29-30H,1-4,7-10,16H2. The fraction of sp³-hybridized carbons (Fsp3) is 0.391. The monoisotopic (exact) mass is 535 g/mol. The van der Waals surface area contributed by atoms with Crippen molar-refractivity contribution in [3.63, 3.8) is 0 Å². The van der Waals surface area contributed by atoms with E-state index in [2.05, 4.69) is 46.7 Å². The Morgan fingerprint density at radius 3 is 2.27 bits per heavy atom. The van der Waals surface area contributed by atoms with Crippen LogP contribution in [0.4, 0.5) is 0 Å². The van der Waals surface area contributed by atoms with Gasteiger partial charge in [0, 0.05) is 57.7 Å². The van der Waals surface area contributed by atoms with Crippen molar-refractivity contribution in [3.05, 3.63) is 56.0 Å². The van der Waals surface area contributed by atoms with Gasteiger partial charge < -0.3 is 10.2 Å². The third kappa shape index (κ3) is 6.93. The summed E-state index contributed by atoms with van der Waals surface area (Å²) in [5, 5.41) is 20.5. The Morgan fingerprint density at radius 2 is 1.53 bits per heavy atom. The minimum atomic E-state index is 0.213. The van der Waals surface area contributed by atoms with E-state index >= 15 is 0 Å². The van der Waals surface area contributed by atoms with Crippen LogP contribution in [0.2, 0.25) is 0 Å². The first-order chi connectivity index (χ1) is 14.5. The molecule has 0 radical (unpaired) electrons. The van der Waals surface area contributed by atoms with Gasteiger partial charge in [0.25, 0.3) is 0 Å². The largest absolute Gasteiger partial charge is 0.507 e. The number of halogens is 2. The van der Waals surface area contributed by atoms with Crippen LogP contribution in [0.5, 0.6) is 11.5 Å². The van der Waals surface area contributed by atoms with E-state index in [1.54, 1.807) is 24.6 Å². The van der Waals surface area contributed by atoms with Crippen molar-refractivity contribution in [2.75, 3.05) is 26.2 Å². The lowest BCUT2D eigenvalue weighted by atomic mass is 10.1. The highest BCUT2D eigenvalue weighted by Crippen LogP contribution is 2.28. The van der Waals surface area contributed by atoms with Crippen LogP contribution in [-0.2, 0) is 6.54 Å². The summed E-state index contributed by atoms with van der Waals surface area (Å²) < 4.78 is 1.85. The molecular formula is C23H27Br2N3O2. The molecule has 0 bridgehead atoms. The zero-order chi connectivity index (χ0) is 21.3. The molecule has 2 aromatic carbocycles. The summed E-state index contributed by atoms with van der Waals surface area (Å²) in [4.78, 5) is 11.2. The summed E-state index contributed by atoms with van der Waals surface area (Å²) >= 11 is 6.94. The average molecular weight is 537 g/mol. The number of hydrogen-bond donors (Lipinski definition) is 2. The van der Waals surface area contributed by atoms with E-state index in [0.29, 0.717) is 24.4 Å². The van der Waals surface area contributed by atoms with Crippen molar-refractivity contribution in [1.29, 1.82) is 0 Å². The molecule has 0 amide bonds. The number of hydrogen-bond acceptors (Lipinski definition) is 5. The quantitative estimate of drug-likeness (QED) is 0.344. The minimum absolute atomic E-state index is 0.213. The molecule has 0 spiro atoms. The molecule has 7 heteroatoms. The maximum Gasteiger partial charge on any atom is 0.128 e. The molecule has 30 heavy (non-hydrogen) atoms. The number of aliphatic imine (C=N–C) groups is 2. The van der Waals surface area contributed by atoms with Gasteiger partial charge in [-0.2, -0.15) is 0 Å². The van der Waals surface area contributed by atoms with Gasteiger partial charge >= 0.3 is 0 Å². The van der Waals surface area contributed by atoms with Gasteiger partial charge in [-0.3, -0.25) is 14.9 Å². The van der Waals surface area contributed by atoms with Crippen molar-refractivity contribution in [1.82, 2.24) is 4.90 Å². The summed E-state index contributed by atoms with van der Waals surface area (Å²) in [6.45, 7) is 4.19. The van der Waals surface area contributed by atoms with Gasteiger partial charge in [0.1, 0.15) is 11.5 Å². The summed E-state index contributed by atoms with van der Waals surface area (Å²) in [6, 6.07) is 9.14. The Labute approximate surface area is 194 Å². The second kappa shape index (κ2) is 11.6. The van der Waals surface area contributed by atoms with Crippen LogP contribution in [0.1, 0.15) is 42.4 Å². The molecule has 2 aromatic rings. The molecule has 3 rings (SSSR count). The Bertz CT molecular complexity index is 910. The van der Waals surface area contributed by atoms with Crippen LogP contribution >= 0.6 is 31.9 Å². The van der Waals surface area contributed by atoms with Gasteiger partial charge in [-0.25, -0.2) is 0 Å². The number of phenolic OH excluding ortho intramolecular Hbond substituents is 2. The lowest BCUT2D eigenvalue weighted by molar-refractivity contribution is 0.218. The first-order valence-electron chi connectivity index (χ1n) is 10.2. The van der Waals surface area contributed by atoms with Crippen LogP contribution in [-0.4, -0.2) is 53.7 Å². The van der Waals surface area contributed by atoms with Gasteiger partial charge in [-0.15, -0.1) is 0 Å². The first kappa shape index (κ1) is 23.0. The van der Waals surface area contributed by atoms with Crippen LogP contribution in [0, 0.1) is 0 Å². The number of rotatable bonds is 8. The predicted molar refractivity (Wildman–Crippen MR) is 130 cm³/mol. The molecule has 2 N–H and O–H groups in total. The van der Waals surface area contributed by atoms with Crippen molar-refractivity contribution in [3.8, 4) is 11.5 Å². The normalized spacial score (nSPS) is 15.4. The molecule has 1 aliphatic heterocycles. The smallest absolute Gasteiger partial charge is 0.128 e. The molecule has 0 aliphatic carbocycles. The second-order valence-electron chi connectivity index (χ2n) is 7.47. The van der Waals surface area contributed by atoms with Crippen LogP contribution in [0.3, 0.4) is 0 Å². The van der Waals surface area contributed by atoms with Gasteiger partial charge in [0.05, 0.1) is 0 Å². The van der Waals surface area contributed by atoms with Gasteiger partial charge in [-0.1, -0.05) is 38.3 Å². The Balaban J connectivity index is 1.51. The van der Waals surface area contributed by atoms with E-state index in [1.165, 1.54) is 19.3 Å². The fourth-order valence-electron chi connectivity index (χ4n) is 3.46. The van der Waals surface area contributed by atoms with Crippen molar-refractivity contribution < 1.29 is 10.2 Å². The Morgan fingerprint density at radius 1 is 0.867 bits per heavy atom. The topological polar surface area (TPSA) is 68.4 Å². The minimum Gasteiger partial charge on any atom is -0.507 e. The number of phenols is 2. The van der Waals surface area contributed by atoms with E-state index < -0.39 is 0 Å². The SMILES string of the molecule is Oc1ccc(Br)cc1C=NCCCN=Cc1cc(Br)cc(CN2CCCCC2)c1O. The molecule has 1 fully saturated rings. The summed E-state index contributed by atoms with van der Waals surface area (Å²) in [7, 11) is 0. The van der Waals surface area contributed by atoms with E-state index in [0.717, 1.165) is 46.1 Å². The summed E-state index contributed by atoms with van der Waals surface area (Å²) in [6.07, 6.45) is 7.96. The molecule has 5 nitrogen and oxygen atoms in total. The average Bonchev–Trinajstić information content (AvgIpc) is 2.73. The molecular weight excluding hydrogens is 510 g/mol. The lowest BCUT2D eigenvalue weighted by Gasteiger charge is -2.27. The van der Waals surface area contributed by atoms with Gasteiger partial charge in [-0.05, 0) is 62.7 Å². The Kier molecular flexibility index (Phi) is 8.90. The van der Waals surface area contributed by atoms with Gasteiger partial charge in [0.2, 0.25) is 0 Å². The highest BCUT2D eigenvalue weighted by atomic mass is 79.9. The van der Waals surface area contributed by atoms with Gasteiger partial charge in [0.15, 0.2) is 0 Å². The number of aromatic hydroxyl groups is 2. The predicted octanol–water partition coefficient (Wildman–Crippen LogP) is 5.54. The maximum absolute atomic E-state index is 10.7. The zero-order valence-electron chi connectivity index (χ0n) is 16.9. The molecule has 0 atom stereocenters. The second-order valence-corrected chi connectivity index (χ2v) is 9.30. The van der Waals surface area contributed by atoms with E-state index in [1.807, 2.05) is 18.2 Å². The molecule has 1 saturated heterocycles. The first-order valence-corrected chi connectivity index (χ1v) is 11.8. The van der Waals surface area contributed by atoms with Crippen molar-refractivity contribution in [2.45, 2.75) is 32.2 Å². The van der Waals surface area contributed by atoms with E-state index in [9.17, 15) is 10.2 Å². The van der Waals surface area contributed by atoms with Crippen LogP contribution in [0.15, 0.2) is 49.3 Å². The molecule has 0 saturated carbocycles. The molecule has 0 unspecified atom stereocenters. The number of likely N-dealkylation sites (tertiary alicyclic amines) is 1. The summed E-state index contributed by atoms with van der Waals surface area (Å²) in [5.41, 5.74) is 2.36. The van der Waals surface area contributed by atoms with E-state index in [-0.39, 0.29) is 5.75 Å². The Hall–Kier alpha value is -1.70. The highest BCUT2D eigenvalue weighted by molar-refractivity contribution is 9.10. The third-order valence-electron chi connectivity index (χ3n) is 5.05. The van der Waals surface area contributed by atoms with Crippen LogP contribution < -0.4 is 0 Å². The highest BCUT2D eigenvalue weighted by Gasteiger charge is 2.14. The molecule has 160 valence electrons. The summed E-state index contributed by atoms with van der Waals surface area (Å²) in [5.74, 6) is 0.529.